The van der Waals surface area contributed by atoms with E-state index in [1.54, 1.807) is 0 Å². The standard InChI is InChI=1S/C7H14O3/c1-5-6(3-8)2-7(4-9)10-5/h5-9H,2-4H2,1H3/t5-,6?,7-/m0/s1. The molecule has 1 heterocycles. The molecule has 0 aliphatic carbocycles. The van der Waals surface area contributed by atoms with Crippen molar-refractivity contribution in [3.63, 3.8) is 0 Å². The molecule has 3 heteroatoms. The first-order chi connectivity index (χ1) is 4.77. The summed E-state index contributed by atoms with van der Waals surface area (Å²) in [4.78, 5) is 0. The molecule has 1 saturated heterocycles. The highest BCUT2D eigenvalue weighted by Gasteiger charge is 2.30. The van der Waals surface area contributed by atoms with Crippen LogP contribution in [0.4, 0.5) is 0 Å². The highest BCUT2D eigenvalue weighted by molar-refractivity contribution is 4.78. The van der Waals surface area contributed by atoms with E-state index in [1.165, 1.54) is 0 Å². The summed E-state index contributed by atoms with van der Waals surface area (Å²) in [5.74, 6) is 0.220. The normalized spacial score (nSPS) is 40.5. The smallest absolute Gasteiger partial charge is 0.0814 e. The van der Waals surface area contributed by atoms with Crippen molar-refractivity contribution in [2.75, 3.05) is 13.2 Å². The number of aliphatic hydroxyl groups is 2. The Kier molecular flexibility index (Phi) is 2.65. The highest BCUT2D eigenvalue weighted by Crippen LogP contribution is 2.25. The molecule has 10 heavy (non-hydrogen) atoms. The number of hydrogen-bond acceptors (Lipinski definition) is 3. The lowest BCUT2D eigenvalue weighted by Crippen LogP contribution is -2.14. The molecule has 3 atom stereocenters. The van der Waals surface area contributed by atoms with Gasteiger partial charge in [0.15, 0.2) is 0 Å². The lowest BCUT2D eigenvalue weighted by Gasteiger charge is -2.08. The van der Waals surface area contributed by atoms with Crippen molar-refractivity contribution in [3.05, 3.63) is 0 Å². The fourth-order valence-electron chi connectivity index (χ4n) is 1.34. The van der Waals surface area contributed by atoms with E-state index in [9.17, 15) is 0 Å². The second kappa shape index (κ2) is 3.32. The highest BCUT2D eigenvalue weighted by atomic mass is 16.5. The molecular formula is C7H14O3. The van der Waals surface area contributed by atoms with Crippen molar-refractivity contribution in [2.45, 2.75) is 25.6 Å². The van der Waals surface area contributed by atoms with Crippen LogP contribution in [0.2, 0.25) is 0 Å². The molecule has 0 aromatic carbocycles. The van der Waals surface area contributed by atoms with E-state index in [0.717, 1.165) is 6.42 Å². The maximum atomic E-state index is 8.79. The van der Waals surface area contributed by atoms with Gasteiger partial charge in [-0.25, -0.2) is 0 Å². The van der Waals surface area contributed by atoms with Crippen LogP contribution < -0.4 is 0 Å². The molecule has 0 saturated carbocycles. The summed E-state index contributed by atoms with van der Waals surface area (Å²) >= 11 is 0. The van der Waals surface area contributed by atoms with E-state index in [0.29, 0.717) is 0 Å². The summed E-state index contributed by atoms with van der Waals surface area (Å²) in [7, 11) is 0. The number of rotatable bonds is 2. The molecule has 1 unspecified atom stereocenters. The van der Waals surface area contributed by atoms with E-state index >= 15 is 0 Å². The average Bonchev–Trinajstić information content (AvgIpc) is 2.30. The van der Waals surface area contributed by atoms with Crippen LogP contribution in [-0.4, -0.2) is 35.6 Å². The third kappa shape index (κ3) is 1.48. The van der Waals surface area contributed by atoms with Crippen LogP contribution in [-0.2, 0) is 4.74 Å². The van der Waals surface area contributed by atoms with Gasteiger partial charge in [0.1, 0.15) is 0 Å². The Morgan fingerprint density at radius 2 is 2.10 bits per heavy atom. The van der Waals surface area contributed by atoms with Gasteiger partial charge in [-0.3, -0.25) is 0 Å². The van der Waals surface area contributed by atoms with Crippen LogP contribution in [0.15, 0.2) is 0 Å². The Hall–Kier alpha value is -0.120. The molecule has 0 radical (unpaired) electrons. The Bertz CT molecular complexity index is 105. The van der Waals surface area contributed by atoms with Gasteiger partial charge in [-0.05, 0) is 13.3 Å². The summed E-state index contributed by atoms with van der Waals surface area (Å²) in [5, 5.41) is 17.5. The van der Waals surface area contributed by atoms with E-state index in [4.69, 9.17) is 14.9 Å². The van der Waals surface area contributed by atoms with Crippen LogP contribution in [0.25, 0.3) is 0 Å². The number of ether oxygens (including phenoxy) is 1. The zero-order valence-corrected chi connectivity index (χ0v) is 6.16. The molecule has 2 N–H and O–H groups in total. The molecular weight excluding hydrogens is 132 g/mol. The average molecular weight is 146 g/mol. The van der Waals surface area contributed by atoms with E-state index < -0.39 is 0 Å². The second-order valence-corrected chi connectivity index (χ2v) is 2.82. The van der Waals surface area contributed by atoms with Gasteiger partial charge >= 0.3 is 0 Å². The summed E-state index contributed by atoms with van der Waals surface area (Å²) in [6.45, 7) is 2.16. The third-order valence-electron chi connectivity index (χ3n) is 2.07. The van der Waals surface area contributed by atoms with Crippen molar-refractivity contribution < 1.29 is 14.9 Å². The molecule has 1 fully saturated rings. The van der Waals surface area contributed by atoms with Gasteiger partial charge in [0.05, 0.1) is 18.8 Å². The van der Waals surface area contributed by atoms with Crippen molar-refractivity contribution in [3.8, 4) is 0 Å². The van der Waals surface area contributed by atoms with Crippen molar-refractivity contribution in [2.24, 2.45) is 5.92 Å². The van der Waals surface area contributed by atoms with Crippen LogP contribution in [0.3, 0.4) is 0 Å². The van der Waals surface area contributed by atoms with Crippen LogP contribution in [0.5, 0.6) is 0 Å². The van der Waals surface area contributed by atoms with E-state index in [2.05, 4.69) is 0 Å². The Morgan fingerprint density at radius 1 is 1.40 bits per heavy atom. The van der Waals surface area contributed by atoms with E-state index in [1.807, 2.05) is 6.92 Å². The summed E-state index contributed by atoms with van der Waals surface area (Å²) in [6, 6.07) is 0. The Balaban J connectivity index is 2.36. The largest absolute Gasteiger partial charge is 0.396 e. The maximum Gasteiger partial charge on any atom is 0.0814 e. The van der Waals surface area contributed by atoms with Crippen molar-refractivity contribution in [1.82, 2.24) is 0 Å². The lowest BCUT2D eigenvalue weighted by molar-refractivity contribution is 0.00999. The Morgan fingerprint density at radius 3 is 2.40 bits per heavy atom. The molecule has 0 amide bonds. The molecule has 0 aromatic rings. The molecule has 0 aromatic heterocycles. The van der Waals surface area contributed by atoms with Gasteiger partial charge < -0.3 is 14.9 Å². The lowest BCUT2D eigenvalue weighted by atomic mass is 10.0. The summed E-state index contributed by atoms with van der Waals surface area (Å²) in [5.41, 5.74) is 0. The minimum absolute atomic E-state index is 0.0489. The monoisotopic (exact) mass is 146 g/mol. The predicted octanol–water partition coefficient (Wildman–Crippen LogP) is -0.235. The molecule has 1 aliphatic heterocycles. The quantitative estimate of drug-likeness (QED) is 0.565. The van der Waals surface area contributed by atoms with Gasteiger partial charge in [-0.1, -0.05) is 0 Å². The van der Waals surface area contributed by atoms with E-state index in [-0.39, 0.29) is 31.3 Å². The summed E-state index contributed by atoms with van der Waals surface area (Å²) in [6.07, 6.45) is 0.836. The fourth-order valence-corrected chi connectivity index (χ4v) is 1.34. The number of aliphatic hydroxyl groups excluding tert-OH is 2. The van der Waals surface area contributed by atoms with Crippen LogP contribution in [0, 0.1) is 5.92 Å². The van der Waals surface area contributed by atoms with Gasteiger partial charge in [-0.2, -0.15) is 0 Å². The van der Waals surface area contributed by atoms with Gasteiger partial charge in [0.25, 0.3) is 0 Å². The molecule has 1 aliphatic rings. The Labute approximate surface area is 60.6 Å². The van der Waals surface area contributed by atoms with Crippen molar-refractivity contribution >= 4 is 0 Å². The first kappa shape index (κ1) is 7.98. The topological polar surface area (TPSA) is 49.7 Å². The number of hydrogen-bond donors (Lipinski definition) is 2. The third-order valence-corrected chi connectivity index (χ3v) is 2.07. The maximum absolute atomic E-state index is 8.79. The molecule has 0 bridgehead atoms. The SMILES string of the molecule is C[C@@H]1O[C@H](CO)CC1CO. The van der Waals surface area contributed by atoms with Crippen LogP contribution >= 0.6 is 0 Å². The molecule has 60 valence electrons. The zero-order valence-electron chi connectivity index (χ0n) is 6.16. The molecule has 1 rings (SSSR count). The minimum Gasteiger partial charge on any atom is -0.396 e. The zero-order chi connectivity index (χ0) is 7.56. The van der Waals surface area contributed by atoms with Gasteiger partial charge in [0.2, 0.25) is 0 Å². The van der Waals surface area contributed by atoms with Crippen molar-refractivity contribution in [1.29, 1.82) is 0 Å². The predicted molar refractivity (Wildman–Crippen MR) is 36.6 cm³/mol. The fraction of sp³-hybridized carbons (Fsp3) is 1.00. The second-order valence-electron chi connectivity index (χ2n) is 2.82. The minimum atomic E-state index is -0.0489. The first-order valence-electron chi connectivity index (χ1n) is 3.65. The van der Waals surface area contributed by atoms with Gasteiger partial charge in [0, 0.05) is 12.5 Å². The van der Waals surface area contributed by atoms with Crippen LogP contribution in [0.1, 0.15) is 13.3 Å². The molecule has 0 spiro atoms. The first-order valence-corrected chi connectivity index (χ1v) is 3.65. The van der Waals surface area contributed by atoms with Gasteiger partial charge in [-0.15, -0.1) is 0 Å². The summed E-state index contributed by atoms with van der Waals surface area (Å²) < 4.78 is 5.30. The molecule has 3 nitrogen and oxygen atoms in total.